The summed E-state index contributed by atoms with van der Waals surface area (Å²) in [6.45, 7) is 4.69. The number of hydrogen-bond acceptors (Lipinski definition) is 6. The van der Waals surface area contributed by atoms with Gasteiger partial charge >= 0.3 is 0 Å². The van der Waals surface area contributed by atoms with E-state index in [4.69, 9.17) is 21.1 Å². The molecular formula is C33H41ClN6O2. The monoisotopic (exact) mass is 588 g/mol. The number of ether oxygens (including phenoxy) is 2. The lowest BCUT2D eigenvalue weighted by Gasteiger charge is -2.55. The van der Waals surface area contributed by atoms with Gasteiger partial charge in [0.15, 0.2) is 0 Å². The van der Waals surface area contributed by atoms with Crippen LogP contribution in [0.5, 0.6) is 0 Å². The number of methoxy groups -OCH3 is 1. The van der Waals surface area contributed by atoms with Crippen molar-refractivity contribution in [2.75, 3.05) is 39.9 Å². The first-order valence-electron chi connectivity index (χ1n) is 15.8. The summed E-state index contributed by atoms with van der Waals surface area (Å²) < 4.78 is 13.9. The van der Waals surface area contributed by atoms with E-state index in [2.05, 4.69) is 61.4 Å². The van der Waals surface area contributed by atoms with Crippen molar-refractivity contribution in [3.63, 3.8) is 0 Å². The van der Waals surface area contributed by atoms with Crippen LogP contribution in [0, 0.1) is 29.6 Å². The number of nitrogens with zero attached hydrogens (tertiary/aromatic N) is 2. The van der Waals surface area contributed by atoms with E-state index in [9.17, 15) is 0 Å². The second kappa shape index (κ2) is 10.6. The Morgan fingerprint density at radius 1 is 0.881 bits per heavy atom. The van der Waals surface area contributed by atoms with Crippen molar-refractivity contribution in [3.05, 3.63) is 58.9 Å². The number of piperidine rings is 2. The van der Waals surface area contributed by atoms with Crippen LogP contribution in [0.2, 0.25) is 5.15 Å². The highest BCUT2D eigenvalue weighted by Crippen LogP contribution is 2.55. The van der Waals surface area contributed by atoms with E-state index < -0.39 is 0 Å². The van der Waals surface area contributed by atoms with Crippen molar-refractivity contribution in [3.8, 4) is 0 Å². The number of aromatic nitrogens is 4. The number of H-pyrrole nitrogens is 2. The smallest absolute Gasteiger partial charge is 0.132 e. The van der Waals surface area contributed by atoms with Gasteiger partial charge in [0.05, 0.1) is 17.2 Å². The zero-order valence-electron chi connectivity index (χ0n) is 24.3. The molecule has 4 bridgehead atoms. The van der Waals surface area contributed by atoms with Gasteiger partial charge in [0.2, 0.25) is 0 Å². The number of hydrogen-bond donors (Lipinski definition) is 4. The summed E-state index contributed by atoms with van der Waals surface area (Å²) in [5, 5.41) is 25.3. The minimum atomic E-state index is -0.375. The molecule has 2 aromatic heterocycles. The summed E-state index contributed by atoms with van der Waals surface area (Å²) in [7, 11) is 1.89. The first kappa shape index (κ1) is 27.1. The van der Waals surface area contributed by atoms with Gasteiger partial charge in [-0.05, 0) is 61.3 Å². The van der Waals surface area contributed by atoms with Crippen molar-refractivity contribution in [1.82, 2.24) is 31.0 Å². The zero-order valence-corrected chi connectivity index (χ0v) is 25.1. The SMILES string of the molecule is COC1(c2cccc3n[nH]c(Cl)c23)C2CNCC1CC(CCOC1(c3cccc4[nH]ncc34)C3CCCC1CNC3)C2. The Hall–Kier alpha value is -2.49. The number of fused-ring (bicyclic) bond motifs is 6. The van der Waals surface area contributed by atoms with Crippen LogP contribution in [0.25, 0.3) is 21.8 Å². The van der Waals surface area contributed by atoms with Crippen LogP contribution in [0.15, 0.2) is 42.6 Å². The van der Waals surface area contributed by atoms with Gasteiger partial charge in [0.25, 0.3) is 0 Å². The lowest BCUT2D eigenvalue weighted by Crippen LogP contribution is -2.60. The normalized spacial score (nSPS) is 34.7. The highest BCUT2D eigenvalue weighted by atomic mass is 35.5. The highest BCUT2D eigenvalue weighted by molar-refractivity contribution is 6.34. The molecule has 4 aliphatic rings. The molecule has 222 valence electrons. The van der Waals surface area contributed by atoms with E-state index in [1.807, 2.05) is 19.4 Å². The van der Waals surface area contributed by atoms with E-state index in [1.54, 1.807) is 0 Å². The molecule has 8 rings (SSSR count). The van der Waals surface area contributed by atoms with Crippen LogP contribution in [-0.4, -0.2) is 60.3 Å². The Morgan fingerprint density at radius 3 is 2.36 bits per heavy atom. The Labute approximate surface area is 251 Å². The van der Waals surface area contributed by atoms with Crippen LogP contribution in [-0.2, 0) is 20.7 Å². The molecule has 4 fully saturated rings. The summed E-state index contributed by atoms with van der Waals surface area (Å²) in [5.41, 5.74) is 3.88. The molecule has 2 aliphatic carbocycles. The van der Waals surface area contributed by atoms with Gasteiger partial charge in [-0.3, -0.25) is 10.2 Å². The molecule has 2 aliphatic heterocycles. The molecule has 9 heteroatoms. The van der Waals surface area contributed by atoms with Gasteiger partial charge in [0.1, 0.15) is 16.4 Å². The molecule has 2 saturated carbocycles. The van der Waals surface area contributed by atoms with E-state index in [-0.39, 0.29) is 11.2 Å². The average Bonchev–Trinajstić information content (AvgIpc) is 3.63. The fourth-order valence-electron chi connectivity index (χ4n) is 9.73. The highest BCUT2D eigenvalue weighted by Gasteiger charge is 2.55. The lowest BCUT2D eigenvalue weighted by molar-refractivity contribution is -0.175. The van der Waals surface area contributed by atoms with E-state index >= 15 is 0 Å². The maximum atomic E-state index is 7.29. The number of benzene rings is 2. The van der Waals surface area contributed by atoms with Gasteiger partial charge in [-0.15, -0.1) is 0 Å². The van der Waals surface area contributed by atoms with E-state index in [0.29, 0.717) is 34.7 Å². The summed E-state index contributed by atoms with van der Waals surface area (Å²) >= 11 is 6.66. The molecule has 2 aromatic carbocycles. The number of nitrogens with one attached hydrogen (secondary N) is 4. The van der Waals surface area contributed by atoms with Crippen molar-refractivity contribution in [2.45, 2.75) is 49.7 Å². The standard InChI is InChI=1S/C33H41ClN6O2/c1-41-32(27-8-4-10-29-30(27)31(34)40-39-29)23-13-20(14-24(32)18-36-17-23)11-12-42-33(21-5-2-6-22(33)16-35-15-21)26-7-3-9-28-25(26)19-37-38-28/h3-4,7-10,19-24,35-36H,2,5-6,11-18H2,1H3,(H,37,38)(H,39,40). The van der Waals surface area contributed by atoms with Gasteiger partial charge in [-0.25, -0.2) is 0 Å². The molecule has 0 spiro atoms. The first-order chi connectivity index (χ1) is 20.6. The third kappa shape index (κ3) is 3.95. The summed E-state index contributed by atoms with van der Waals surface area (Å²) in [6, 6.07) is 12.9. The van der Waals surface area contributed by atoms with Gasteiger partial charge in [-0.2, -0.15) is 10.2 Å². The molecule has 0 radical (unpaired) electrons. The summed E-state index contributed by atoms with van der Waals surface area (Å²) in [4.78, 5) is 0. The Kier molecular flexibility index (Phi) is 6.83. The summed E-state index contributed by atoms with van der Waals surface area (Å²) in [6.07, 6.45) is 8.97. The molecule has 4 atom stereocenters. The zero-order chi connectivity index (χ0) is 28.3. The maximum absolute atomic E-state index is 7.29. The number of halogens is 1. The van der Waals surface area contributed by atoms with Crippen molar-refractivity contribution in [1.29, 1.82) is 0 Å². The van der Waals surface area contributed by atoms with Gasteiger partial charge in [-0.1, -0.05) is 42.3 Å². The number of aromatic amines is 2. The first-order valence-corrected chi connectivity index (χ1v) is 16.2. The number of rotatable bonds is 7. The molecular weight excluding hydrogens is 548 g/mol. The molecule has 4 N–H and O–H groups in total. The van der Waals surface area contributed by atoms with E-state index in [0.717, 1.165) is 68.5 Å². The third-order valence-corrected chi connectivity index (χ3v) is 11.7. The molecule has 4 unspecified atom stereocenters. The summed E-state index contributed by atoms with van der Waals surface area (Å²) in [5.74, 6) is 2.24. The van der Waals surface area contributed by atoms with Crippen molar-refractivity contribution < 1.29 is 9.47 Å². The molecule has 2 saturated heterocycles. The van der Waals surface area contributed by atoms with E-state index in [1.165, 1.54) is 35.8 Å². The third-order valence-electron chi connectivity index (χ3n) is 11.4. The Bertz CT molecular complexity index is 1550. The minimum Gasteiger partial charge on any atom is -0.373 e. The average molecular weight is 589 g/mol. The second-order valence-electron chi connectivity index (χ2n) is 13.2. The van der Waals surface area contributed by atoms with Crippen LogP contribution < -0.4 is 10.6 Å². The molecule has 4 heterocycles. The molecule has 4 aromatic rings. The van der Waals surface area contributed by atoms with Crippen LogP contribution in [0.1, 0.15) is 49.7 Å². The van der Waals surface area contributed by atoms with Crippen LogP contribution in [0.4, 0.5) is 0 Å². The Balaban J connectivity index is 1.07. The largest absolute Gasteiger partial charge is 0.373 e. The second-order valence-corrected chi connectivity index (χ2v) is 13.6. The fraction of sp³-hybridized carbons (Fsp3) is 0.576. The maximum Gasteiger partial charge on any atom is 0.132 e. The van der Waals surface area contributed by atoms with Crippen molar-refractivity contribution >= 4 is 33.4 Å². The quantitative estimate of drug-likeness (QED) is 0.227. The van der Waals surface area contributed by atoms with Crippen LogP contribution >= 0.6 is 11.6 Å². The van der Waals surface area contributed by atoms with Gasteiger partial charge < -0.3 is 20.1 Å². The molecule has 42 heavy (non-hydrogen) atoms. The fourth-order valence-corrected chi connectivity index (χ4v) is 9.97. The van der Waals surface area contributed by atoms with Gasteiger partial charge in [0, 0.05) is 74.3 Å². The van der Waals surface area contributed by atoms with Crippen molar-refractivity contribution in [2.24, 2.45) is 29.6 Å². The molecule has 0 amide bonds. The predicted molar refractivity (Wildman–Crippen MR) is 164 cm³/mol. The topological polar surface area (TPSA) is 99.9 Å². The Morgan fingerprint density at radius 2 is 1.60 bits per heavy atom. The van der Waals surface area contributed by atoms with Crippen LogP contribution in [0.3, 0.4) is 0 Å². The molecule has 8 nitrogen and oxygen atoms in total. The minimum absolute atomic E-state index is 0.261. The lowest BCUT2D eigenvalue weighted by atomic mass is 9.59. The predicted octanol–water partition coefficient (Wildman–Crippen LogP) is 5.50.